The zero-order valence-corrected chi connectivity index (χ0v) is 19.3. The monoisotopic (exact) mass is 494 g/mol. The highest BCUT2D eigenvalue weighted by Crippen LogP contribution is 2.39. The van der Waals surface area contributed by atoms with E-state index in [1.54, 1.807) is 0 Å². The summed E-state index contributed by atoms with van der Waals surface area (Å²) in [5.74, 6) is -0.181. The molecule has 0 fully saturated rings. The lowest BCUT2D eigenvalue weighted by atomic mass is 9.98. The molecule has 186 valence electrons. The highest BCUT2D eigenvalue weighted by Gasteiger charge is 2.35. The number of aromatic amines is 1. The summed E-state index contributed by atoms with van der Waals surface area (Å²) < 4.78 is 47.2. The van der Waals surface area contributed by atoms with E-state index < -0.39 is 23.9 Å². The highest BCUT2D eigenvalue weighted by molar-refractivity contribution is 5.74. The minimum absolute atomic E-state index is 0.0217. The molecule has 4 rings (SSSR count). The molecule has 0 radical (unpaired) electrons. The molecule has 1 aliphatic carbocycles. The lowest BCUT2D eigenvalue weighted by molar-refractivity contribution is -0.139. The molecule has 1 aliphatic rings. The van der Waals surface area contributed by atoms with Gasteiger partial charge in [-0.2, -0.15) is 18.4 Å². The maximum Gasteiger partial charge on any atom is 0.419 e. The van der Waals surface area contributed by atoms with Crippen molar-refractivity contribution in [3.8, 4) is 23.1 Å². The predicted octanol–water partition coefficient (Wildman–Crippen LogP) is 5.47. The van der Waals surface area contributed by atoms with Crippen LogP contribution in [0.2, 0.25) is 0 Å². The molecular weight excluding hydrogens is 469 g/mol. The van der Waals surface area contributed by atoms with Gasteiger partial charge in [0.15, 0.2) is 0 Å². The molecule has 0 saturated heterocycles. The van der Waals surface area contributed by atoms with Gasteiger partial charge in [-0.15, -0.1) is 0 Å². The average molecular weight is 495 g/mol. The van der Waals surface area contributed by atoms with Crippen LogP contribution in [0, 0.1) is 11.3 Å². The second kappa shape index (κ2) is 10.4. The number of aliphatic hydroxyl groups excluding tert-OH is 1. The van der Waals surface area contributed by atoms with Crippen molar-refractivity contribution in [1.29, 1.82) is 5.26 Å². The van der Waals surface area contributed by atoms with Gasteiger partial charge in [-0.1, -0.05) is 42.5 Å². The van der Waals surface area contributed by atoms with Crippen LogP contribution in [0.25, 0.3) is 16.8 Å². The summed E-state index contributed by atoms with van der Waals surface area (Å²) in [6, 6.07) is 13.1. The van der Waals surface area contributed by atoms with E-state index in [-0.39, 0.29) is 35.9 Å². The lowest BCUT2D eigenvalue weighted by Crippen LogP contribution is -2.41. The molecule has 2 aromatic carbocycles. The molecule has 9 heteroatoms. The van der Waals surface area contributed by atoms with Gasteiger partial charge in [-0.25, -0.2) is 4.98 Å². The van der Waals surface area contributed by atoms with E-state index in [1.165, 1.54) is 18.3 Å². The third kappa shape index (κ3) is 5.51. The van der Waals surface area contributed by atoms with E-state index >= 15 is 0 Å². The summed E-state index contributed by atoms with van der Waals surface area (Å²) in [7, 11) is 0. The average Bonchev–Trinajstić information content (AvgIpc) is 3.39. The third-order valence-corrected chi connectivity index (χ3v) is 6.00. The molecular formula is C27H25F3N4O2. The van der Waals surface area contributed by atoms with Crippen LogP contribution in [-0.2, 0) is 18.3 Å². The minimum Gasteiger partial charge on any atom is -0.488 e. The summed E-state index contributed by atoms with van der Waals surface area (Å²) in [5.41, 5.74) is 7.05. The van der Waals surface area contributed by atoms with Gasteiger partial charge in [0.1, 0.15) is 23.7 Å². The van der Waals surface area contributed by atoms with Crippen molar-refractivity contribution in [3.63, 3.8) is 0 Å². The number of nitrogens with two attached hydrogens (primary N) is 1. The number of nitrogens with one attached hydrogen (secondary N) is 1. The zero-order valence-electron chi connectivity index (χ0n) is 19.3. The van der Waals surface area contributed by atoms with Crippen molar-refractivity contribution in [2.75, 3.05) is 6.61 Å². The Morgan fingerprint density at radius 1 is 1.11 bits per heavy atom. The number of benzene rings is 2. The van der Waals surface area contributed by atoms with Crippen LogP contribution in [0.5, 0.6) is 5.75 Å². The van der Waals surface area contributed by atoms with E-state index in [0.717, 1.165) is 35.6 Å². The minimum atomic E-state index is -4.65. The number of nitrogens with zero attached hydrogens (tertiary/aromatic N) is 2. The largest absolute Gasteiger partial charge is 0.488 e. The number of allylic oxidation sites excluding steroid dienone is 4. The third-order valence-electron chi connectivity index (χ3n) is 6.00. The van der Waals surface area contributed by atoms with E-state index in [9.17, 15) is 18.3 Å². The van der Waals surface area contributed by atoms with Gasteiger partial charge < -0.3 is 20.6 Å². The Morgan fingerprint density at radius 3 is 2.50 bits per heavy atom. The number of halogens is 3. The fourth-order valence-corrected chi connectivity index (χ4v) is 3.90. The first-order valence-corrected chi connectivity index (χ1v) is 11.4. The van der Waals surface area contributed by atoms with Crippen LogP contribution in [0.3, 0.4) is 0 Å². The topological polar surface area (TPSA) is 108 Å². The molecule has 0 saturated carbocycles. The molecule has 1 unspecified atom stereocenters. The Morgan fingerprint density at radius 2 is 1.86 bits per heavy atom. The summed E-state index contributed by atoms with van der Waals surface area (Å²) in [4.78, 5) is 6.90. The predicted molar refractivity (Wildman–Crippen MR) is 129 cm³/mol. The summed E-state index contributed by atoms with van der Waals surface area (Å²) in [5, 5.41) is 18.5. The molecule has 0 spiro atoms. The van der Waals surface area contributed by atoms with Gasteiger partial charge in [-0.3, -0.25) is 0 Å². The molecule has 1 atom stereocenters. The van der Waals surface area contributed by atoms with Crippen molar-refractivity contribution in [2.45, 2.75) is 37.6 Å². The summed E-state index contributed by atoms with van der Waals surface area (Å²) in [6.07, 6.45) is 4.80. The van der Waals surface area contributed by atoms with Gasteiger partial charge in [0, 0.05) is 5.56 Å². The van der Waals surface area contributed by atoms with Crippen LogP contribution in [-0.4, -0.2) is 21.7 Å². The van der Waals surface area contributed by atoms with E-state index in [4.69, 9.17) is 15.7 Å². The molecule has 36 heavy (non-hydrogen) atoms. The van der Waals surface area contributed by atoms with Crippen molar-refractivity contribution < 1.29 is 23.0 Å². The van der Waals surface area contributed by atoms with Gasteiger partial charge in [0.05, 0.1) is 36.6 Å². The Bertz CT molecular complexity index is 1320. The Kier molecular flexibility index (Phi) is 7.29. The first-order chi connectivity index (χ1) is 17.2. The molecule has 4 N–H and O–H groups in total. The zero-order chi connectivity index (χ0) is 25.8. The molecule has 0 bridgehead atoms. The number of alkyl halides is 3. The number of aliphatic hydroxyl groups is 1. The number of H-pyrrole nitrogens is 1. The Hall–Kier alpha value is -3.87. The maximum atomic E-state index is 13.9. The van der Waals surface area contributed by atoms with Gasteiger partial charge in [-0.05, 0) is 47.7 Å². The fourth-order valence-electron chi connectivity index (χ4n) is 3.90. The van der Waals surface area contributed by atoms with E-state index in [1.807, 2.05) is 30.3 Å². The highest BCUT2D eigenvalue weighted by atomic mass is 19.4. The molecule has 3 aromatic rings. The van der Waals surface area contributed by atoms with E-state index in [2.05, 4.69) is 28.2 Å². The quantitative estimate of drug-likeness (QED) is 0.385. The van der Waals surface area contributed by atoms with Crippen molar-refractivity contribution >= 4 is 5.57 Å². The number of aromatic nitrogens is 2. The molecule has 6 nitrogen and oxygen atoms in total. The number of rotatable bonds is 8. The molecule has 0 aliphatic heterocycles. The van der Waals surface area contributed by atoms with Crippen LogP contribution in [0.4, 0.5) is 13.2 Å². The van der Waals surface area contributed by atoms with Crippen LogP contribution in [0.1, 0.15) is 41.8 Å². The van der Waals surface area contributed by atoms with Crippen LogP contribution in [0.15, 0.2) is 66.9 Å². The van der Waals surface area contributed by atoms with Crippen LogP contribution < -0.4 is 10.5 Å². The normalized spacial score (nSPS) is 15.2. The van der Waals surface area contributed by atoms with E-state index in [0.29, 0.717) is 0 Å². The number of ether oxygens (including phenoxy) is 1. The number of hydrogen-bond donors (Lipinski definition) is 3. The summed E-state index contributed by atoms with van der Waals surface area (Å²) >= 11 is 0. The number of nitriles is 1. The van der Waals surface area contributed by atoms with Gasteiger partial charge in [0.25, 0.3) is 0 Å². The van der Waals surface area contributed by atoms with Gasteiger partial charge in [0.2, 0.25) is 0 Å². The SMILES string of the molecule is N#CCC(N)(CO)c1ncc(-c2ccc(OCc3ccc(C4=CCCC=C4)cc3)c(C(F)(F)F)c2)[nH]1. The smallest absolute Gasteiger partial charge is 0.419 e. The Balaban J connectivity index is 1.54. The molecule has 1 aromatic heterocycles. The second-order valence-corrected chi connectivity index (χ2v) is 8.63. The Labute approximate surface area is 206 Å². The van der Waals surface area contributed by atoms with Crippen molar-refractivity contribution in [1.82, 2.24) is 9.97 Å². The molecule has 1 heterocycles. The van der Waals surface area contributed by atoms with Crippen molar-refractivity contribution in [3.05, 3.63) is 89.4 Å². The fraction of sp³-hybridized carbons (Fsp3) is 0.259. The first kappa shape index (κ1) is 25.2. The number of imidazole rings is 1. The lowest BCUT2D eigenvalue weighted by Gasteiger charge is -2.21. The standard InChI is InChI=1S/C27H25F3N4O2/c28-27(29,30)22-14-21(23-15-33-25(34-23)26(32,17-35)12-13-31)10-11-24(22)36-16-18-6-8-20(9-7-18)19-4-2-1-3-5-19/h2,4-11,14-15,35H,1,3,12,16-17,32H2,(H,33,34). The maximum absolute atomic E-state index is 13.9. The van der Waals surface area contributed by atoms with Crippen LogP contribution >= 0.6 is 0 Å². The molecule has 0 amide bonds. The van der Waals surface area contributed by atoms with Crippen molar-refractivity contribution in [2.24, 2.45) is 5.73 Å². The second-order valence-electron chi connectivity index (χ2n) is 8.63. The summed E-state index contributed by atoms with van der Waals surface area (Å²) in [6.45, 7) is -0.574. The van der Waals surface area contributed by atoms with Gasteiger partial charge >= 0.3 is 6.18 Å². The first-order valence-electron chi connectivity index (χ1n) is 11.4. The number of hydrogen-bond acceptors (Lipinski definition) is 5.